The van der Waals surface area contributed by atoms with Crippen LogP contribution in [0.3, 0.4) is 0 Å². The maximum atomic E-state index is 11.2. The van der Waals surface area contributed by atoms with Gasteiger partial charge in [-0.15, -0.1) is 0 Å². The molecule has 0 aliphatic heterocycles. The average Bonchev–Trinajstić information content (AvgIpc) is 2.30. The second kappa shape index (κ2) is 4.66. The molecule has 0 aromatic heterocycles. The molecule has 0 unspecified atom stereocenters. The van der Waals surface area contributed by atoms with Gasteiger partial charge in [0.1, 0.15) is 12.4 Å². The molecule has 0 bridgehead atoms. The summed E-state index contributed by atoms with van der Waals surface area (Å²) in [5.41, 5.74) is 0. The third-order valence-electron chi connectivity index (χ3n) is 2.16. The number of hydrogen-bond donors (Lipinski definition) is 0. The topological polar surface area (TPSA) is 35.5 Å². The molecule has 0 aliphatic rings. The molecule has 0 saturated carbocycles. The van der Waals surface area contributed by atoms with Crippen LogP contribution in [0, 0.1) is 6.61 Å². The predicted octanol–water partition coefficient (Wildman–Crippen LogP) is 3.54. The summed E-state index contributed by atoms with van der Waals surface area (Å²) in [4.78, 5) is 11.2. The Kier molecular flexibility index (Phi) is 3.05. The van der Waals surface area contributed by atoms with E-state index in [9.17, 15) is 4.79 Å². The molecule has 2 aromatic carbocycles. The summed E-state index contributed by atoms with van der Waals surface area (Å²) >= 11 is 0. The maximum absolute atomic E-state index is 11.2. The second-order valence-corrected chi connectivity index (χ2v) is 3.18. The normalized spacial score (nSPS) is 10.1. The number of carbonyl (C=O) groups excluding carboxylic acids is 1. The first-order valence-electron chi connectivity index (χ1n) is 4.95. The molecule has 0 saturated heterocycles. The van der Waals surface area contributed by atoms with Gasteiger partial charge in [0.15, 0.2) is 0 Å². The molecular formula is C13H11O3. The summed E-state index contributed by atoms with van der Waals surface area (Å²) in [6.07, 6.45) is -0.723. The van der Waals surface area contributed by atoms with Gasteiger partial charge in [-0.2, -0.15) is 0 Å². The molecule has 0 fully saturated rings. The van der Waals surface area contributed by atoms with E-state index in [-0.39, 0.29) is 0 Å². The summed E-state index contributed by atoms with van der Waals surface area (Å²) < 4.78 is 9.68. The number of ether oxygens (including phenoxy) is 2. The number of rotatable bonds is 2. The third kappa shape index (κ3) is 2.14. The first-order valence-corrected chi connectivity index (χ1v) is 4.95. The first-order chi connectivity index (χ1) is 7.81. The minimum Gasteiger partial charge on any atom is -0.427 e. The van der Waals surface area contributed by atoms with E-state index in [2.05, 4.69) is 4.74 Å². The van der Waals surface area contributed by atoms with Crippen molar-refractivity contribution in [2.45, 2.75) is 6.92 Å². The fourth-order valence-corrected chi connectivity index (χ4v) is 1.49. The Morgan fingerprint density at radius 3 is 2.69 bits per heavy atom. The zero-order valence-electron chi connectivity index (χ0n) is 8.84. The largest absolute Gasteiger partial charge is 0.514 e. The van der Waals surface area contributed by atoms with Crippen LogP contribution in [0.5, 0.6) is 5.75 Å². The Hall–Kier alpha value is -2.03. The van der Waals surface area contributed by atoms with E-state index in [0.717, 1.165) is 10.8 Å². The predicted molar refractivity (Wildman–Crippen MR) is 61.0 cm³/mol. The van der Waals surface area contributed by atoms with Crippen LogP contribution in [0.1, 0.15) is 6.92 Å². The van der Waals surface area contributed by atoms with E-state index in [0.29, 0.717) is 5.75 Å². The standard InChI is InChI=1S/C13H11O3/c1-2-15-13(14)16-12-9-5-7-10-6-3-4-8-11(10)12/h2-9H,1H3. The Morgan fingerprint density at radius 1 is 1.12 bits per heavy atom. The lowest BCUT2D eigenvalue weighted by atomic mass is 10.1. The molecule has 3 heteroatoms. The van der Waals surface area contributed by atoms with Crippen molar-refractivity contribution in [3.63, 3.8) is 0 Å². The second-order valence-electron chi connectivity index (χ2n) is 3.18. The maximum Gasteiger partial charge on any atom is 0.514 e. The molecule has 0 heterocycles. The molecule has 0 aliphatic carbocycles. The van der Waals surface area contributed by atoms with Crippen LogP contribution in [-0.2, 0) is 4.74 Å². The van der Waals surface area contributed by atoms with Crippen molar-refractivity contribution in [2.24, 2.45) is 0 Å². The fourth-order valence-electron chi connectivity index (χ4n) is 1.49. The Labute approximate surface area is 93.6 Å². The van der Waals surface area contributed by atoms with Gasteiger partial charge in [0.25, 0.3) is 0 Å². The van der Waals surface area contributed by atoms with Gasteiger partial charge in [0.05, 0.1) is 0 Å². The van der Waals surface area contributed by atoms with Crippen LogP contribution >= 0.6 is 0 Å². The minimum absolute atomic E-state index is 0.505. The molecule has 16 heavy (non-hydrogen) atoms. The Balaban J connectivity index is 2.33. The lowest BCUT2D eigenvalue weighted by Gasteiger charge is -2.06. The smallest absolute Gasteiger partial charge is 0.427 e. The van der Waals surface area contributed by atoms with Gasteiger partial charge in [0, 0.05) is 5.39 Å². The fraction of sp³-hybridized carbons (Fsp3) is 0.0769. The van der Waals surface area contributed by atoms with E-state index < -0.39 is 6.16 Å². The highest BCUT2D eigenvalue weighted by molar-refractivity contribution is 5.89. The summed E-state index contributed by atoms with van der Waals surface area (Å²) in [7, 11) is 0. The number of carbonyl (C=O) groups is 1. The lowest BCUT2D eigenvalue weighted by Crippen LogP contribution is -2.08. The highest BCUT2D eigenvalue weighted by atomic mass is 16.7. The number of hydrogen-bond acceptors (Lipinski definition) is 3. The van der Waals surface area contributed by atoms with E-state index in [1.54, 1.807) is 13.0 Å². The van der Waals surface area contributed by atoms with Crippen LogP contribution in [0.25, 0.3) is 10.8 Å². The molecule has 1 radical (unpaired) electrons. The minimum atomic E-state index is -0.723. The highest BCUT2D eigenvalue weighted by Crippen LogP contribution is 2.25. The average molecular weight is 215 g/mol. The lowest BCUT2D eigenvalue weighted by molar-refractivity contribution is 0.124. The highest BCUT2D eigenvalue weighted by Gasteiger charge is 2.07. The molecule has 2 rings (SSSR count). The van der Waals surface area contributed by atoms with Crippen molar-refractivity contribution >= 4 is 16.9 Å². The SMILES string of the molecule is C[CH]OC(=O)Oc1cccc2ccccc12. The van der Waals surface area contributed by atoms with Crippen LogP contribution in [0.2, 0.25) is 0 Å². The van der Waals surface area contributed by atoms with Crippen molar-refractivity contribution in [1.82, 2.24) is 0 Å². The number of benzene rings is 2. The van der Waals surface area contributed by atoms with Crippen molar-refractivity contribution < 1.29 is 14.3 Å². The van der Waals surface area contributed by atoms with Gasteiger partial charge < -0.3 is 9.47 Å². The first kappa shape index (κ1) is 10.5. The zero-order chi connectivity index (χ0) is 11.4. The van der Waals surface area contributed by atoms with E-state index >= 15 is 0 Å². The molecule has 0 spiro atoms. The van der Waals surface area contributed by atoms with Gasteiger partial charge in [-0.05, 0) is 18.4 Å². The van der Waals surface area contributed by atoms with Crippen LogP contribution in [0.4, 0.5) is 4.79 Å². The quantitative estimate of drug-likeness (QED) is 0.567. The molecule has 0 atom stereocenters. The van der Waals surface area contributed by atoms with Crippen molar-refractivity contribution in [1.29, 1.82) is 0 Å². The van der Waals surface area contributed by atoms with E-state index in [4.69, 9.17) is 4.74 Å². The molecule has 0 amide bonds. The number of fused-ring (bicyclic) bond motifs is 1. The summed E-state index contributed by atoms with van der Waals surface area (Å²) in [6.45, 7) is 2.90. The zero-order valence-corrected chi connectivity index (χ0v) is 8.84. The Bertz CT molecular complexity index is 500. The van der Waals surface area contributed by atoms with Crippen molar-refractivity contribution in [3.05, 3.63) is 49.1 Å². The van der Waals surface area contributed by atoms with Gasteiger partial charge in [-0.25, -0.2) is 4.79 Å². The Morgan fingerprint density at radius 2 is 1.88 bits per heavy atom. The van der Waals surface area contributed by atoms with Crippen molar-refractivity contribution in [3.8, 4) is 5.75 Å². The monoisotopic (exact) mass is 215 g/mol. The van der Waals surface area contributed by atoms with Crippen molar-refractivity contribution in [2.75, 3.05) is 0 Å². The van der Waals surface area contributed by atoms with E-state index in [1.165, 1.54) is 6.61 Å². The molecule has 0 N–H and O–H groups in total. The van der Waals surface area contributed by atoms with Crippen LogP contribution in [-0.4, -0.2) is 6.16 Å². The van der Waals surface area contributed by atoms with E-state index in [1.807, 2.05) is 36.4 Å². The van der Waals surface area contributed by atoms with Crippen LogP contribution in [0.15, 0.2) is 42.5 Å². The van der Waals surface area contributed by atoms with Gasteiger partial charge >= 0.3 is 6.16 Å². The molecule has 2 aromatic rings. The van der Waals surface area contributed by atoms with Gasteiger partial charge in [-0.1, -0.05) is 36.4 Å². The molecule has 81 valence electrons. The summed E-state index contributed by atoms with van der Waals surface area (Å²) in [5.74, 6) is 0.505. The van der Waals surface area contributed by atoms with Gasteiger partial charge in [-0.3, -0.25) is 0 Å². The third-order valence-corrected chi connectivity index (χ3v) is 2.16. The van der Waals surface area contributed by atoms with Gasteiger partial charge in [0.2, 0.25) is 0 Å². The summed E-state index contributed by atoms with van der Waals surface area (Å²) in [6, 6.07) is 13.2. The van der Waals surface area contributed by atoms with Crippen LogP contribution < -0.4 is 4.74 Å². The molecular weight excluding hydrogens is 204 g/mol. The molecule has 3 nitrogen and oxygen atoms in total. The summed E-state index contributed by atoms with van der Waals surface area (Å²) in [5, 5.41) is 1.91.